The van der Waals surface area contributed by atoms with Crippen LogP contribution in [0.5, 0.6) is 0 Å². The third-order valence-corrected chi connectivity index (χ3v) is 3.82. The van der Waals surface area contributed by atoms with Crippen LogP contribution < -0.4 is 15.5 Å². The fourth-order valence-corrected chi connectivity index (χ4v) is 2.66. The summed E-state index contributed by atoms with van der Waals surface area (Å²) in [4.78, 5) is 6.81. The number of rotatable bonds is 6. The zero-order valence-electron chi connectivity index (χ0n) is 13.2. The molecule has 1 aromatic heterocycles. The van der Waals surface area contributed by atoms with Crippen molar-refractivity contribution in [3.05, 3.63) is 43.1 Å². The van der Waals surface area contributed by atoms with Gasteiger partial charge in [0.1, 0.15) is 0 Å². The van der Waals surface area contributed by atoms with Crippen molar-refractivity contribution in [2.24, 2.45) is 0 Å². The molecule has 6 nitrogen and oxygen atoms in total. The standard InChI is InChI=1S/C17H22N6/c1-2-10-18-17-21-16(13-19-22-17)20-14-6-8-15(9-7-14)23-11-4-3-5-12-23/h2,6-9,13H,1,3-5,10-12H2,(H2,18,20,21,22). The van der Waals surface area contributed by atoms with Crippen molar-refractivity contribution in [2.75, 3.05) is 35.2 Å². The normalized spacial score (nSPS) is 14.3. The predicted molar refractivity (Wildman–Crippen MR) is 94.3 cm³/mol. The van der Waals surface area contributed by atoms with Crippen LogP contribution in [0, 0.1) is 0 Å². The number of hydrogen-bond donors (Lipinski definition) is 2. The van der Waals surface area contributed by atoms with Gasteiger partial charge in [0.05, 0.1) is 6.20 Å². The van der Waals surface area contributed by atoms with E-state index in [1.807, 2.05) is 0 Å². The second kappa shape index (κ2) is 7.58. The van der Waals surface area contributed by atoms with Crippen LogP contribution in [0.1, 0.15) is 19.3 Å². The van der Waals surface area contributed by atoms with Crippen molar-refractivity contribution >= 4 is 23.1 Å². The molecule has 120 valence electrons. The highest BCUT2D eigenvalue weighted by molar-refractivity contribution is 5.60. The number of anilines is 4. The van der Waals surface area contributed by atoms with E-state index in [1.165, 1.54) is 24.9 Å². The van der Waals surface area contributed by atoms with Gasteiger partial charge in [-0.3, -0.25) is 0 Å². The van der Waals surface area contributed by atoms with E-state index in [-0.39, 0.29) is 0 Å². The Morgan fingerprint density at radius 1 is 1.13 bits per heavy atom. The summed E-state index contributed by atoms with van der Waals surface area (Å²) in [5, 5.41) is 14.1. The minimum atomic E-state index is 0.486. The highest BCUT2D eigenvalue weighted by Crippen LogP contribution is 2.23. The van der Waals surface area contributed by atoms with Gasteiger partial charge in [0.2, 0.25) is 5.95 Å². The molecule has 1 aliphatic heterocycles. The van der Waals surface area contributed by atoms with Gasteiger partial charge in [-0.15, -0.1) is 11.7 Å². The first kappa shape index (κ1) is 15.3. The van der Waals surface area contributed by atoms with Crippen molar-refractivity contribution in [3.63, 3.8) is 0 Å². The number of benzene rings is 1. The minimum absolute atomic E-state index is 0.486. The quantitative estimate of drug-likeness (QED) is 0.799. The van der Waals surface area contributed by atoms with E-state index < -0.39 is 0 Å². The van der Waals surface area contributed by atoms with Gasteiger partial charge < -0.3 is 15.5 Å². The van der Waals surface area contributed by atoms with Crippen LogP contribution in [0.2, 0.25) is 0 Å². The van der Waals surface area contributed by atoms with Gasteiger partial charge in [-0.05, 0) is 43.5 Å². The average molecular weight is 310 g/mol. The first-order chi connectivity index (χ1) is 11.3. The maximum atomic E-state index is 4.36. The van der Waals surface area contributed by atoms with Crippen LogP contribution >= 0.6 is 0 Å². The Kier molecular flexibility index (Phi) is 5.03. The lowest BCUT2D eigenvalue weighted by Gasteiger charge is -2.28. The van der Waals surface area contributed by atoms with Crippen LogP contribution in [-0.2, 0) is 0 Å². The number of nitrogens with zero attached hydrogens (tertiary/aromatic N) is 4. The van der Waals surface area contributed by atoms with Gasteiger partial charge in [-0.1, -0.05) is 6.08 Å². The molecule has 3 rings (SSSR count). The number of nitrogens with one attached hydrogen (secondary N) is 2. The third kappa shape index (κ3) is 4.18. The summed E-state index contributed by atoms with van der Waals surface area (Å²) in [7, 11) is 0. The molecule has 1 saturated heterocycles. The zero-order chi connectivity index (χ0) is 15.9. The first-order valence-corrected chi connectivity index (χ1v) is 8.02. The van der Waals surface area contributed by atoms with Crippen LogP contribution in [0.3, 0.4) is 0 Å². The molecular formula is C17H22N6. The molecule has 6 heteroatoms. The highest BCUT2D eigenvalue weighted by atomic mass is 15.3. The van der Waals surface area contributed by atoms with E-state index >= 15 is 0 Å². The molecule has 0 bridgehead atoms. The highest BCUT2D eigenvalue weighted by Gasteiger charge is 2.10. The first-order valence-electron chi connectivity index (χ1n) is 8.02. The Morgan fingerprint density at radius 2 is 1.91 bits per heavy atom. The summed E-state index contributed by atoms with van der Waals surface area (Å²) < 4.78 is 0. The number of hydrogen-bond acceptors (Lipinski definition) is 6. The van der Waals surface area contributed by atoms with Crippen LogP contribution in [0.25, 0.3) is 0 Å². The van der Waals surface area contributed by atoms with Gasteiger partial charge in [-0.25, -0.2) is 0 Å². The van der Waals surface area contributed by atoms with Crippen molar-refractivity contribution < 1.29 is 0 Å². The lowest BCUT2D eigenvalue weighted by molar-refractivity contribution is 0.578. The molecule has 0 unspecified atom stereocenters. The van der Waals surface area contributed by atoms with Crippen LogP contribution in [0.4, 0.5) is 23.1 Å². The third-order valence-electron chi connectivity index (χ3n) is 3.82. The lowest BCUT2D eigenvalue weighted by Crippen LogP contribution is -2.29. The molecule has 2 aromatic rings. The monoisotopic (exact) mass is 310 g/mol. The summed E-state index contributed by atoms with van der Waals surface area (Å²) in [5.41, 5.74) is 2.27. The van der Waals surface area contributed by atoms with E-state index in [0.29, 0.717) is 18.3 Å². The molecule has 1 fully saturated rings. The van der Waals surface area contributed by atoms with Crippen LogP contribution in [0.15, 0.2) is 43.1 Å². The Hall–Kier alpha value is -2.63. The molecule has 23 heavy (non-hydrogen) atoms. The molecule has 0 radical (unpaired) electrons. The van der Waals surface area contributed by atoms with Gasteiger partial charge in [0.15, 0.2) is 5.82 Å². The van der Waals surface area contributed by atoms with Gasteiger partial charge in [0.25, 0.3) is 0 Å². The summed E-state index contributed by atoms with van der Waals surface area (Å²) in [6.07, 6.45) is 7.28. The zero-order valence-corrected chi connectivity index (χ0v) is 13.2. The largest absolute Gasteiger partial charge is 0.372 e. The smallest absolute Gasteiger partial charge is 0.244 e. The molecule has 0 saturated carbocycles. The van der Waals surface area contributed by atoms with Crippen molar-refractivity contribution in [3.8, 4) is 0 Å². The molecular weight excluding hydrogens is 288 g/mol. The number of piperidine rings is 1. The van der Waals surface area contributed by atoms with Gasteiger partial charge in [-0.2, -0.15) is 10.1 Å². The Labute approximate surface area is 136 Å². The summed E-state index contributed by atoms with van der Waals surface area (Å²) >= 11 is 0. The predicted octanol–water partition coefficient (Wildman–Crippen LogP) is 3.20. The second-order valence-corrected chi connectivity index (χ2v) is 5.55. The lowest BCUT2D eigenvalue weighted by atomic mass is 10.1. The number of aromatic nitrogens is 3. The average Bonchev–Trinajstić information content (AvgIpc) is 2.62. The summed E-state index contributed by atoms with van der Waals surface area (Å²) in [6, 6.07) is 8.45. The van der Waals surface area contributed by atoms with E-state index in [0.717, 1.165) is 18.8 Å². The molecule has 1 aliphatic rings. The maximum Gasteiger partial charge on any atom is 0.244 e. The Bertz CT molecular complexity index is 634. The minimum Gasteiger partial charge on any atom is -0.372 e. The SMILES string of the molecule is C=CCNc1nncc(Nc2ccc(N3CCCCC3)cc2)n1. The van der Waals surface area contributed by atoms with Gasteiger partial charge in [0, 0.05) is 31.0 Å². The van der Waals surface area contributed by atoms with Crippen LogP contribution in [-0.4, -0.2) is 34.8 Å². The van der Waals surface area contributed by atoms with E-state index in [4.69, 9.17) is 0 Å². The van der Waals surface area contributed by atoms with E-state index in [2.05, 4.69) is 61.6 Å². The van der Waals surface area contributed by atoms with Crippen molar-refractivity contribution in [2.45, 2.75) is 19.3 Å². The maximum absolute atomic E-state index is 4.36. The molecule has 1 aromatic carbocycles. The van der Waals surface area contributed by atoms with Crippen molar-refractivity contribution in [1.82, 2.24) is 15.2 Å². The fourth-order valence-electron chi connectivity index (χ4n) is 2.66. The molecule has 0 aliphatic carbocycles. The van der Waals surface area contributed by atoms with Gasteiger partial charge >= 0.3 is 0 Å². The Morgan fingerprint density at radius 3 is 2.65 bits per heavy atom. The molecule has 0 amide bonds. The molecule has 2 N–H and O–H groups in total. The topological polar surface area (TPSA) is 66.0 Å². The van der Waals surface area contributed by atoms with Crippen molar-refractivity contribution in [1.29, 1.82) is 0 Å². The summed E-state index contributed by atoms with van der Waals surface area (Å²) in [5.74, 6) is 1.15. The second-order valence-electron chi connectivity index (χ2n) is 5.55. The molecule has 0 atom stereocenters. The molecule has 0 spiro atoms. The summed E-state index contributed by atoms with van der Waals surface area (Å²) in [6.45, 7) is 6.57. The fraction of sp³-hybridized carbons (Fsp3) is 0.353. The molecule has 2 heterocycles. The Balaban J connectivity index is 1.64. The van der Waals surface area contributed by atoms with E-state index in [9.17, 15) is 0 Å². The van der Waals surface area contributed by atoms with E-state index in [1.54, 1.807) is 12.3 Å².